The van der Waals surface area contributed by atoms with Crippen molar-refractivity contribution in [3.05, 3.63) is 58.9 Å². The van der Waals surface area contributed by atoms with Crippen LogP contribution in [0.25, 0.3) is 0 Å². The molecule has 0 saturated carbocycles. The molecule has 0 bridgehead atoms. The van der Waals surface area contributed by atoms with Crippen molar-refractivity contribution in [2.75, 3.05) is 39.3 Å². The second-order valence-corrected chi connectivity index (χ2v) is 7.09. The second-order valence-electron chi connectivity index (χ2n) is 7.09. The van der Waals surface area contributed by atoms with Gasteiger partial charge in [0.2, 0.25) is 0 Å². The van der Waals surface area contributed by atoms with Crippen molar-refractivity contribution < 1.29 is 4.79 Å². The summed E-state index contributed by atoms with van der Waals surface area (Å²) in [5.74, 6) is 0.0275. The molecule has 26 heavy (non-hydrogen) atoms. The Labute approximate surface area is 156 Å². The summed E-state index contributed by atoms with van der Waals surface area (Å²) in [4.78, 5) is 15.1. The molecule has 1 atom stereocenters. The van der Waals surface area contributed by atoms with Gasteiger partial charge in [0, 0.05) is 50.7 Å². The van der Waals surface area contributed by atoms with Crippen molar-refractivity contribution in [3.63, 3.8) is 0 Å². The SMILES string of the molecule is Cc1cc(C(=O)NCCN2CCNCC2)c(C)n1C(C)c1ccccc1. The van der Waals surface area contributed by atoms with Gasteiger partial charge in [-0.2, -0.15) is 0 Å². The number of carbonyl (C=O) groups excluding carboxylic acids is 1. The fraction of sp³-hybridized carbons (Fsp3) is 0.476. The zero-order valence-electron chi connectivity index (χ0n) is 16.1. The van der Waals surface area contributed by atoms with Crippen molar-refractivity contribution in [2.24, 2.45) is 0 Å². The van der Waals surface area contributed by atoms with Crippen LogP contribution in [-0.4, -0.2) is 54.6 Å². The maximum Gasteiger partial charge on any atom is 0.253 e. The number of nitrogens with zero attached hydrogens (tertiary/aromatic N) is 2. The van der Waals surface area contributed by atoms with Crippen molar-refractivity contribution >= 4 is 5.91 Å². The first-order valence-electron chi connectivity index (χ1n) is 9.52. The van der Waals surface area contributed by atoms with Crippen LogP contribution in [0, 0.1) is 13.8 Å². The van der Waals surface area contributed by atoms with E-state index in [9.17, 15) is 4.79 Å². The normalized spacial score (nSPS) is 16.4. The van der Waals surface area contributed by atoms with Gasteiger partial charge in [-0.05, 0) is 32.4 Å². The number of nitrogens with one attached hydrogen (secondary N) is 2. The van der Waals surface area contributed by atoms with Gasteiger partial charge in [0.05, 0.1) is 11.6 Å². The lowest BCUT2D eigenvalue weighted by molar-refractivity contribution is 0.0946. The second kappa shape index (κ2) is 8.52. The van der Waals surface area contributed by atoms with E-state index in [0.717, 1.165) is 49.7 Å². The van der Waals surface area contributed by atoms with Gasteiger partial charge in [-0.1, -0.05) is 30.3 Å². The first-order valence-corrected chi connectivity index (χ1v) is 9.52. The minimum atomic E-state index is 0.0275. The Balaban J connectivity index is 1.65. The largest absolute Gasteiger partial charge is 0.351 e. The Hall–Kier alpha value is -2.11. The monoisotopic (exact) mass is 354 g/mol. The van der Waals surface area contributed by atoms with Crippen LogP contribution in [0.5, 0.6) is 0 Å². The summed E-state index contributed by atoms with van der Waals surface area (Å²) in [5, 5.41) is 6.44. The van der Waals surface area contributed by atoms with E-state index in [1.165, 1.54) is 5.56 Å². The number of hydrogen-bond donors (Lipinski definition) is 2. The Bertz CT molecular complexity index is 732. The molecule has 0 aliphatic carbocycles. The van der Waals surface area contributed by atoms with Gasteiger partial charge in [-0.3, -0.25) is 9.69 Å². The zero-order valence-corrected chi connectivity index (χ0v) is 16.1. The minimum Gasteiger partial charge on any atom is -0.351 e. The third-order valence-corrected chi connectivity index (χ3v) is 5.32. The van der Waals surface area contributed by atoms with Crippen LogP contribution in [0.4, 0.5) is 0 Å². The average molecular weight is 354 g/mol. The van der Waals surface area contributed by atoms with Gasteiger partial charge in [-0.25, -0.2) is 0 Å². The van der Waals surface area contributed by atoms with Gasteiger partial charge in [0.15, 0.2) is 0 Å². The van der Waals surface area contributed by atoms with E-state index in [2.05, 4.69) is 58.2 Å². The highest BCUT2D eigenvalue weighted by Gasteiger charge is 2.19. The Kier molecular flexibility index (Phi) is 6.12. The molecule has 1 aromatic carbocycles. The van der Waals surface area contributed by atoms with Crippen LogP contribution in [-0.2, 0) is 0 Å². The summed E-state index contributed by atoms with van der Waals surface area (Å²) in [6.07, 6.45) is 0. The fourth-order valence-electron chi connectivity index (χ4n) is 3.84. The zero-order chi connectivity index (χ0) is 18.5. The van der Waals surface area contributed by atoms with Gasteiger partial charge in [-0.15, -0.1) is 0 Å². The highest BCUT2D eigenvalue weighted by molar-refractivity contribution is 5.95. The number of benzene rings is 1. The number of piperazine rings is 1. The summed E-state index contributed by atoms with van der Waals surface area (Å²) in [6, 6.07) is 12.6. The summed E-state index contributed by atoms with van der Waals surface area (Å²) in [7, 11) is 0. The predicted molar refractivity (Wildman–Crippen MR) is 106 cm³/mol. The third kappa shape index (κ3) is 4.17. The number of hydrogen-bond acceptors (Lipinski definition) is 3. The molecule has 5 nitrogen and oxygen atoms in total. The lowest BCUT2D eigenvalue weighted by atomic mass is 10.1. The molecule has 1 aliphatic heterocycles. The standard InChI is InChI=1S/C21H30N4O/c1-16-15-20(21(26)23-11-14-24-12-9-22-10-13-24)18(3)25(16)17(2)19-7-5-4-6-8-19/h4-8,15,17,22H,9-14H2,1-3H3,(H,23,26). The number of rotatable bonds is 6. The Morgan fingerprint density at radius 1 is 1.19 bits per heavy atom. The van der Waals surface area contributed by atoms with Crippen molar-refractivity contribution in [3.8, 4) is 0 Å². The van der Waals surface area contributed by atoms with Crippen LogP contribution < -0.4 is 10.6 Å². The predicted octanol–water partition coefficient (Wildman–Crippen LogP) is 2.35. The first-order chi connectivity index (χ1) is 12.6. The average Bonchev–Trinajstić information content (AvgIpc) is 2.97. The first kappa shape index (κ1) is 18.7. The molecule has 0 spiro atoms. The van der Waals surface area contributed by atoms with Gasteiger partial charge in [0.1, 0.15) is 0 Å². The van der Waals surface area contributed by atoms with Gasteiger partial charge in [0.25, 0.3) is 5.91 Å². The highest BCUT2D eigenvalue weighted by Crippen LogP contribution is 2.25. The molecule has 1 saturated heterocycles. The maximum atomic E-state index is 12.7. The molecule has 5 heteroatoms. The van der Waals surface area contributed by atoms with Crippen LogP contribution >= 0.6 is 0 Å². The molecule has 1 amide bonds. The maximum absolute atomic E-state index is 12.7. The quantitative estimate of drug-likeness (QED) is 0.837. The minimum absolute atomic E-state index is 0.0275. The third-order valence-electron chi connectivity index (χ3n) is 5.32. The van der Waals surface area contributed by atoms with E-state index < -0.39 is 0 Å². The summed E-state index contributed by atoms with van der Waals surface area (Å²) < 4.78 is 2.25. The molecular weight excluding hydrogens is 324 g/mol. The van der Waals surface area contributed by atoms with Crippen molar-refractivity contribution in [2.45, 2.75) is 26.8 Å². The van der Waals surface area contributed by atoms with Crippen molar-refractivity contribution in [1.29, 1.82) is 0 Å². The van der Waals surface area contributed by atoms with E-state index in [1.54, 1.807) is 0 Å². The highest BCUT2D eigenvalue weighted by atomic mass is 16.1. The number of aryl methyl sites for hydroxylation is 1. The molecule has 2 aromatic rings. The van der Waals surface area contributed by atoms with Crippen LogP contribution in [0.1, 0.15) is 40.3 Å². The molecule has 1 aliphatic rings. The lowest BCUT2D eigenvalue weighted by Gasteiger charge is -2.27. The Morgan fingerprint density at radius 3 is 2.58 bits per heavy atom. The topological polar surface area (TPSA) is 49.3 Å². The molecule has 3 rings (SSSR count). The van der Waals surface area contributed by atoms with Gasteiger partial charge < -0.3 is 15.2 Å². The Morgan fingerprint density at radius 2 is 1.88 bits per heavy atom. The van der Waals surface area contributed by atoms with Gasteiger partial charge >= 0.3 is 0 Å². The number of carbonyl (C=O) groups is 1. The van der Waals surface area contributed by atoms with E-state index >= 15 is 0 Å². The molecule has 2 N–H and O–H groups in total. The molecule has 1 fully saturated rings. The molecule has 140 valence electrons. The van der Waals surface area contributed by atoms with Crippen LogP contribution in [0.3, 0.4) is 0 Å². The molecule has 1 aromatic heterocycles. The molecule has 2 heterocycles. The van der Waals surface area contributed by atoms with E-state index in [0.29, 0.717) is 6.54 Å². The van der Waals surface area contributed by atoms with Crippen LogP contribution in [0.2, 0.25) is 0 Å². The lowest BCUT2D eigenvalue weighted by Crippen LogP contribution is -2.46. The molecular formula is C21H30N4O. The molecule has 1 unspecified atom stereocenters. The molecule has 0 radical (unpaired) electrons. The number of aromatic nitrogens is 1. The summed E-state index contributed by atoms with van der Waals surface area (Å²) in [6.45, 7) is 12.1. The number of amides is 1. The van der Waals surface area contributed by atoms with Crippen molar-refractivity contribution in [1.82, 2.24) is 20.1 Å². The van der Waals surface area contributed by atoms with E-state index in [1.807, 2.05) is 19.1 Å². The summed E-state index contributed by atoms with van der Waals surface area (Å²) >= 11 is 0. The fourth-order valence-corrected chi connectivity index (χ4v) is 3.84. The van der Waals surface area contributed by atoms with Crippen LogP contribution in [0.15, 0.2) is 36.4 Å². The smallest absolute Gasteiger partial charge is 0.253 e. The summed E-state index contributed by atoms with van der Waals surface area (Å²) in [5.41, 5.74) is 4.18. The van der Waals surface area contributed by atoms with E-state index in [4.69, 9.17) is 0 Å². The van der Waals surface area contributed by atoms with E-state index in [-0.39, 0.29) is 11.9 Å².